The molecule has 0 radical (unpaired) electrons. The first-order chi connectivity index (χ1) is 10.1. The van der Waals surface area contributed by atoms with E-state index in [9.17, 15) is 0 Å². The zero-order valence-corrected chi connectivity index (χ0v) is 13.1. The average Bonchev–Trinajstić information content (AvgIpc) is 2.80. The van der Waals surface area contributed by atoms with Gasteiger partial charge in [0.05, 0.1) is 12.2 Å². The molecule has 21 heavy (non-hydrogen) atoms. The standard InChI is InChI=1S/C16H19ClN2O2/c1-11(2)15-8-14(21-18-15)10-19-5-6-20-16-4-3-13(17)7-12(16)9-19/h3-4,7-8,11H,5-6,9-10H2,1-2H3. The number of fused-ring (bicyclic) bond motifs is 1. The first kappa shape index (κ1) is 14.4. The highest BCUT2D eigenvalue weighted by atomic mass is 35.5. The number of rotatable bonds is 3. The van der Waals surface area contributed by atoms with Crippen LogP contribution in [0.25, 0.3) is 0 Å². The van der Waals surface area contributed by atoms with E-state index >= 15 is 0 Å². The summed E-state index contributed by atoms with van der Waals surface area (Å²) in [6.07, 6.45) is 0. The molecule has 0 N–H and O–H groups in total. The van der Waals surface area contributed by atoms with Crippen LogP contribution in [0.2, 0.25) is 5.02 Å². The van der Waals surface area contributed by atoms with Crippen LogP contribution in [-0.4, -0.2) is 23.2 Å². The van der Waals surface area contributed by atoms with Crippen molar-refractivity contribution in [2.24, 2.45) is 0 Å². The lowest BCUT2D eigenvalue weighted by Crippen LogP contribution is -2.25. The van der Waals surface area contributed by atoms with Crippen LogP contribution in [0.3, 0.4) is 0 Å². The molecule has 3 rings (SSSR count). The summed E-state index contributed by atoms with van der Waals surface area (Å²) in [4.78, 5) is 2.28. The van der Waals surface area contributed by atoms with E-state index in [0.717, 1.165) is 47.4 Å². The normalized spacial score (nSPS) is 15.6. The Morgan fingerprint density at radius 3 is 2.95 bits per heavy atom. The van der Waals surface area contributed by atoms with Gasteiger partial charge < -0.3 is 9.26 Å². The summed E-state index contributed by atoms with van der Waals surface area (Å²) < 4.78 is 11.2. The quantitative estimate of drug-likeness (QED) is 0.863. The zero-order chi connectivity index (χ0) is 14.8. The highest BCUT2D eigenvalue weighted by Gasteiger charge is 2.18. The molecule has 1 aromatic carbocycles. The number of nitrogens with zero attached hydrogens (tertiary/aromatic N) is 2. The van der Waals surface area contributed by atoms with Gasteiger partial charge in [0.25, 0.3) is 0 Å². The Kier molecular flexibility index (Phi) is 4.17. The van der Waals surface area contributed by atoms with Gasteiger partial charge in [-0.3, -0.25) is 4.90 Å². The predicted octanol–water partition coefficient (Wildman–Crippen LogP) is 3.85. The first-order valence-electron chi connectivity index (χ1n) is 7.21. The van der Waals surface area contributed by atoms with E-state index < -0.39 is 0 Å². The first-order valence-corrected chi connectivity index (χ1v) is 7.58. The van der Waals surface area contributed by atoms with Crippen LogP contribution in [0.5, 0.6) is 5.75 Å². The van der Waals surface area contributed by atoms with Gasteiger partial charge in [-0.1, -0.05) is 30.6 Å². The van der Waals surface area contributed by atoms with Crippen molar-refractivity contribution in [2.45, 2.75) is 32.9 Å². The van der Waals surface area contributed by atoms with Crippen LogP contribution in [0.15, 0.2) is 28.8 Å². The summed E-state index contributed by atoms with van der Waals surface area (Å²) in [6.45, 7) is 7.27. The van der Waals surface area contributed by atoms with Gasteiger partial charge in [-0.05, 0) is 24.1 Å². The van der Waals surface area contributed by atoms with E-state index in [2.05, 4.69) is 23.9 Å². The maximum absolute atomic E-state index is 6.07. The second-order valence-corrected chi connectivity index (χ2v) is 6.12. The van der Waals surface area contributed by atoms with Gasteiger partial charge in [0.2, 0.25) is 0 Å². The minimum atomic E-state index is 0.384. The van der Waals surface area contributed by atoms with Gasteiger partial charge in [0, 0.05) is 29.7 Å². The van der Waals surface area contributed by atoms with Gasteiger partial charge in [0.1, 0.15) is 12.4 Å². The summed E-state index contributed by atoms with van der Waals surface area (Å²) in [5.41, 5.74) is 2.11. The fraction of sp³-hybridized carbons (Fsp3) is 0.438. The van der Waals surface area contributed by atoms with E-state index in [1.165, 1.54) is 0 Å². The summed E-state index contributed by atoms with van der Waals surface area (Å²) in [5.74, 6) is 2.20. The second kappa shape index (κ2) is 6.08. The number of halogens is 1. The number of benzene rings is 1. The van der Waals surface area contributed by atoms with E-state index in [4.69, 9.17) is 20.9 Å². The Hall–Kier alpha value is -1.52. The van der Waals surface area contributed by atoms with Crippen molar-refractivity contribution in [3.8, 4) is 5.75 Å². The highest BCUT2D eigenvalue weighted by Crippen LogP contribution is 2.27. The molecule has 4 nitrogen and oxygen atoms in total. The minimum Gasteiger partial charge on any atom is -0.492 e. The third-order valence-corrected chi connectivity index (χ3v) is 3.86. The molecule has 1 aliphatic rings. The molecular formula is C16H19ClN2O2. The van der Waals surface area contributed by atoms with Crippen molar-refractivity contribution in [3.05, 3.63) is 46.3 Å². The lowest BCUT2D eigenvalue weighted by Gasteiger charge is -2.17. The lowest BCUT2D eigenvalue weighted by molar-refractivity contribution is 0.199. The molecule has 0 bridgehead atoms. The van der Waals surface area contributed by atoms with Crippen LogP contribution in [0.1, 0.15) is 36.8 Å². The summed E-state index contributed by atoms with van der Waals surface area (Å²) in [7, 11) is 0. The predicted molar refractivity (Wildman–Crippen MR) is 81.7 cm³/mol. The van der Waals surface area contributed by atoms with E-state index in [0.29, 0.717) is 12.5 Å². The van der Waals surface area contributed by atoms with Crippen molar-refractivity contribution >= 4 is 11.6 Å². The van der Waals surface area contributed by atoms with E-state index in [-0.39, 0.29) is 0 Å². The molecule has 0 spiro atoms. The van der Waals surface area contributed by atoms with Crippen molar-refractivity contribution in [2.75, 3.05) is 13.2 Å². The molecule has 2 heterocycles. The van der Waals surface area contributed by atoms with Crippen molar-refractivity contribution < 1.29 is 9.26 Å². The minimum absolute atomic E-state index is 0.384. The van der Waals surface area contributed by atoms with Crippen molar-refractivity contribution in [3.63, 3.8) is 0 Å². The molecule has 0 saturated heterocycles. The Bertz CT molecular complexity index is 624. The largest absolute Gasteiger partial charge is 0.492 e. The molecule has 5 heteroatoms. The number of aromatic nitrogens is 1. The second-order valence-electron chi connectivity index (χ2n) is 5.68. The van der Waals surface area contributed by atoms with E-state index in [1.807, 2.05) is 24.3 Å². The molecule has 2 aromatic rings. The molecule has 0 amide bonds. The third-order valence-electron chi connectivity index (χ3n) is 3.63. The topological polar surface area (TPSA) is 38.5 Å². The molecule has 0 fully saturated rings. The number of hydrogen-bond donors (Lipinski definition) is 0. The van der Waals surface area contributed by atoms with Crippen LogP contribution in [0.4, 0.5) is 0 Å². The van der Waals surface area contributed by atoms with Crippen LogP contribution >= 0.6 is 11.6 Å². The third kappa shape index (κ3) is 3.39. The Morgan fingerprint density at radius 2 is 2.19 bits per heavy atom. The van der Waals surface area contributed by atoms with Crippen molar-refractivity contribution in [1.82, 2.24) is 10.1 Å². The molecule has 112 valence electrons. The molecular weight excluding hydrogens is 288 g/mol. The number of hydrogen-bond acceptors (Lipinski definition) is 4. The number of ether oxygens (including phenoxy) is 1. The maximum atomic E-state index is 6.07. The average molecular weight is 307 g/mol. The SMILES string of the molecule is CC(C)c1cc(CN2CCOc3ccc(Cl)cc3C2)on1. The van der Waals surface area contributed by atoms with Gasteiger partial charge in [-0.15, -0.1) is 0 Å². The van der Waals surface area contributed by atoms with Gasteiger partial charge in [-0.25, -0.2) is 0 Å². The monoisotopic (exact) mass is 306 g/mol. The fourth-order valence-electron chi connectivity index (χ4n) is 2.45. The lowest BCUT2D eigenvalue weighted by atomic mass is 10.1. The Balaban J connectivity index is 1.74. The fourth-order valence-corrected chi connectivity index (χ4v) is 2.64. The molecule has 0 unspecified atom stereocenters. The van der Waals surface area contributed by atoms with Crippen LogP contribution < -0.4 is 4.74 Å². The molecule has 0 atom stereocenters. The zero-order valence-electron chi connectivity index (χ0n) is 12.3. The van der Waals surface area contributed by atoms with Gasteiger partial charge in [-0.2, -0.15) is 0 Å². The van der Waals surface area contributed by atoms with Gasteiger partial charge in [0.15, 0.2) is 5.76 Å². The van der Waals surface area contributed by atoms with Crippen molar-refractivity contribution in [1.29, 1.82) is 0 Å². The highest BCUT2D eigenvalue weighted by molar-refractivity contribution is 6.30. The summed E-state index contributed by atoms with van der Waals surface area (Å²) in [6, 6.07) is 7.80. The van der Waals surface area contributed by atoms with Gasteiger partial charge >= 0.3 is 0 Å². The smallest absolute Gasteiger partial charge is 0.150 e. The molecule has 1 aromatic heterocycles. The molecule has 0 saturated carbocycles. The summed E-state index contributed by atoms with van der Waals surface area (Å²) in [5, 5.41) is 4.85. The summed E-state index contributed by atoms with van der Waals surface area (Å²) >= 11 is 6.07. The van der Waals surface area contributed by atoms with Crippen LogP contribution in [-0.2, 0) is 13.1 Å². The maximum Gasteiger partial charge on any atom is 0.150 e. The van der Waals surface area contributed by atoms with Crippen LogP contribution in [0, 0.1) is 0 Å². The van der Waals surface area contributed by atoms with E-state index in [1.54, 1.807) is 0 Å². The Labute approximate surface area is 129 Å². The Morgan fingerprint density at radius 1 is 1.33 bits per heavy atom. The molecule has 1 aliphatic heterocycles. The molecule has 0 aliphatic carbocycles.